The Kier molecular flexibility index (Phi) is 4.24. The van der Waals surface area contributed by atoms with E-state index in [0.717, 1.165) is 36.1 Å². The number of rotatable bonds is 4. The molecule has 1 atom stereocenters. The van der Waals surface area contributed by atoms with Gasteiger partial charge in [0.25, 0.3) is 0 Å². The first kappa shape index (κ1) is 14.5. The number of ketones is 1. The minimum Gasteiger partial charge on any atom is -0.388 e. The van der Waals surface area contributed by atoms with E-state index in [0.29, 0.717) is 30.1 Å². The molecule has 1 unspecified atom stereocenters. The molecular formula is C15H18ClN3O2. The molecule has 21 heavy (non-hydrogen) atoms. The summed E-state index contributed by atoms with van der Waals surface area (Å²) in [5.41, 5.74) is 1.60. The Labute approximate surface area is 127 Å². The number of Topliss-reactive ketones (excluding diaryl/α,β-unsaturated/α-hetero) is 1. The predicted molar refractivity (Wildman–Crippen MR) is 81.4 cm³/mol. The second kappa shape index (κ2) is 6.13. The molecule has 2 aromatic rings. The van der Waals surface area contributed by atoms with Crippen LogP contribution in [-0.4, -0.2) is 45.6 Å². The molecule has 112 valence electrons. The van der Waals surface area contributed by atoms with E-state index in [-0.39, 0.29) is 0 Å². The van der Waals surface area contributed by atoms with Crippen LogP contribution in [0, 0.1) is 0 Å². The third-order valence-corrected chi connectivity index (χ3v) is 4.50. The smallest absolute Gasteiger partial charge is 0.135 e. The normalized spacial score (nSPS) is 18.3. The molecule has 6 heteroatoms. The van der Waals surface area contributed by atoms with Gasteiger partial charge in [0.15, 0.2) is 0 Å². The Morgan fingerprint density at radius 2 is 2.14 bits per heavy atom. The van der Waals surface area contributed by atoms with Gasteiger partial charge < -0.3 is 10.0 Å². The van der Waals surface area contributed by atoms with E-state index in [9.17, 15) is 9.90 Å². The zero-order chi connectivity index (χ0) is 14.8. The van der Waals surface area contributed by atoms with Gasteiger partial charge in [0.05, 0.1) is 22.8 Å². The molecule has 0 amide bonds. The molecule has 1 aliphatic heterocycles. The average molecular weight is 308 g/mol. The van der Waals surface area contributed by atoms with E-state index in [2.05, 4.69) is 15.1 Å². The molecule has 2 heterocycles. The Bertz CT molecular complexity index is 645. The van der Waals surface area contributed by atoms with Crippen molar-refractivity contribution < 1.29 is 9.90 Å². The van der Waals surface area contributed by atoms with E-state index >= 15 is 0 Å². The van der Waals surface area contributed by atoms with E-state index < -0.39 is 6.10 Å². The molecule has 0 radical (unpaired) electrons. The standard InChI is InChI=1S/C15H18ClN3O2/c16-15-11(1-2-13-12(15)9-17-18-13)14(21)5-8-19-6-3-10(20)4-7-19/h1-2,9,14,21H,3-8H2,(H,17,18). The number of carbonyl (C=O) groups excluding carboxylic acids is 1. The Morgan fingerprint density at radius 3 is 2.90 bits per heavy atom. The van der Waals surface area contributed by atoms with Gasteiger partial charge in [-0.05, 0) is 18.1 Å². The summed E-state index contributed by atoms with van der Waals surface area (Å²) in [4.78, 5) is 13.4. The second-order valence-electron chi connectivity index (χ2n) is 5.48. The van der Waals surface area contributed by atoms with Gasteiger partial charge in [-0.2, -0.15) is 5.10 Å². The molecule has 1 aliphatic rings. The Balaban J connectivity index is 1.65. The number of benzene rings is 1. The highest BCUT2D eigenvalue weighted by Crippen LogP contribution is 2.31. The number of halogens is 1. The van der Waals surface area contributed by atoms with Gasteiger partial charge in [0, 0.05) is 37.9 Å². The summed E-state index contributed by atoms with van der Waals surface area (Å²) in [6, 6.07) is 3.72. The predicted octanol–water partition coefficient (Wildman–Crippen LogP) is 2.30. The highest BCUT2D eigenvalue weighted by atomic mass is 35.5. The maximum Gasteiger partial charge on any atom is 0.135 e. The fourth-order valence-electron chi connectivity index (χ4n) is 2.74. The van der Waals surface area contributed by atoms with Crippen LogP contribution in [0.15, 0.2) is 18.3 Å². The number of nitrogens with zero attached hydrogens (tertiary/aromatic N) is 2. The molecule has 1 saturated heterocycles. The molecule has 2 N–H and O–H groups in total. The number of aromatic nitrogens is 2. The molecule has 0 saturated carbocycles. The fraction of sp³-hybridized carbons (Fsp3) is 0.467. The summed E-state index contributed by atoms with van der Waals surface area (Å²) in [7, 11) is 0. The number of H-pyrrole nitrogens is 1. The summed E-state index contributed by atoms with van der Waals surface area (Å²) in [6.07, 6.45) is 2.92. The minimum absolute atomic E-state index is 0.334. The molecule has 3 rings (SSSR count). The van der Waals surface area contributed by atoms with Crippen LogP contribution < -0.4 is 0 Å². The summed E-state index contributed by atoms with van der Waals surface area (Å²) < 4.78 is 0. The maximum atomic E-state index is 11.2. The first-order valence-corrected chi connectivity index (χ1v) is 7.56. The number of aliphatic hydroxyl groups excluding tert-OH is 1. The first-order chi connectivity index (χ1) is 10.1. The zero-order valence-corrected chi connectivity index (χ0v) is 12.4. The van der Waals surface area contributed by atoms with Gasteiger partial charge in [-0.25, -0.2) is 0 Å². The number of aliphatic hydroxyl groups is 1. The lowest BCUT2D eigenvalue weighted by Crippen LogP contribution is -2.35. The number of nitrogens with one attached hydrogen (secondary N) is 1. The van der Waals surface area contributed by atoms with Crippen molar-refractivity contribution >= 4 is 28.3 Å². The Morgan fingerprint density at radius 1 is 1.38 bits per heavy atom. The number of likely N-dealkylation sites (tertiary alicyclic amines) is 1. The van der Waals surface area contributed by atoms with Crippen LogP contribution in [0.2, 0.25) is 5.02 Å². The van der Waals surface area contributed by atoms with Crippen LogP contribution in [0.25, 0.3) is 10.9 Å². The summed E-state index contributed by atoms with van der Waals surface area (Å²) in [5, 5.41) is 18.6. The average Bonchev–Trinajstić information content (AvgIpc) is 2.96. The first-order valence-electron chi connectivity index (χ1n) is 7.19. The van der Waals surface area contributed by atoms with Crippen molar-refractivity contribution in [1.29, 1.82) is 0 Å². The van der Waals surface area contributed by atoms with Gasteiger partial charge in [0.1, 0.15) is 5.78 Å². The van der Waals surface area contributed by atoms with Crippen LogP contribution in [0.3, 0.4) is 0 Å². The molecule has 1 fully saturated rings. The summed E-state index contributed by atoms with van der Waals surface area (Å²) in [5.74, 6) is 0.334. The number of hydrogen-bond donors (Lipinski definition) is 2. The van der Waals surface area contributed by atoms with Crippen molar-refractivity contribution in [1.82, 2.24) is 15.1 Å². The topological polar surface area (TPSA) is 69.2 Å². The van der Waals surface area contributed by atoms with Crippen LogP contribution in [-0.2, 0) is 4.79 Å². The molecule has 0 aliphatic carbocycles. The summed E-state index contributed by atoms with van der Waals surface area (Å²) in [6.45, 7) is 2.36. The van der Waals surface area contributed by atoms with E-state index in [1.165, 1.54) is 0 Å². The number of carbonyl (C=O) groups is 1. The zero-order valence-electron chi connectivity index (χ0n) is 11.7. The number of piperidine rings is 1. The Hall–Kier alpha value is -1.43. The van der Waals surface area contributed by atoms with Gasteiger partial charge >= 0.3 is 0 Å². The molecule has 1 aromatic heterocycles. The van der Waals surface area contributed by atoms with Gasteiger partial charge in [-0.1, -0.05) is 17.7 Å². The van der Waals surface area contributed by atoms with Crippen LogP contribution in [0.1, 0.15) is 30.9 Å². The van der Waals surface area contributed by atoms with Crippen molar-refractivity contribution in [2.24, 2.45) is 0 Å². The third-order valence-electron chi connectivity index (χ3n) is 4.08. The maximum absolute atomic E-state index is 11.2. The monoisotopic (exact) mass is 307 g/mol. The van der Waals surface area contributed by atoms with Crippen LogP contribution in [0.4, 0.5) is 0 Å². The van der Waals surface area contributed by atoms with Crippen LogP contribution in [0.5, 0.6) is 0 Å². The van der Waals surface area contributed by atoms with Crippen molar-refractivity contribution in [3.05, 3.63) is 28.9 Å². The molecule has 0 spiro atoms. The van der Waals surface area contributed by atoms with E-state index in [1.54, 1.807) is 6.20 Å². The SMILES string of the molecule is O=C1CCN(CCC(O)c2ccc3[nH]ncc3c2Cl)CC1. The molecular weight excluding hydrogens is 290 g/mol. The second-order valence-corrected chi connectivity index (χ2v) is 5.86. The summed E-state index contributed by atoms with van der Waals surface area (Å²) >= 11 is 6.34. The van der Waals surface area contributed by atoms with E-state index in [1.807, 2.05) is 12.1 Å². The number of fused-ring (bicyclic) bond motifs is 1. The lowest BCUT2D eigenvalue weighted by Gasteiger charge is -2.26. The quantitative estimate of drug-likeness (QED) is 0.909. The van der Waals surface area contributed by atoms with Crippen molar-refractivity contribution in [3.8, 4) is 0 Å². The van der Waals surface area contributed by atoms with Gasteiger partial charge in [-0.15, -0.1) is 0 Å². The molecule has 5 nitrogen and oxygen atoms in total. The van der Waals surface area contributed by atoms with Gasteiger partial charge in [-0.3, -0.25) is 9.89 Å². The van der Waals surface area contributed by atoms with Crippen molar-refractivity contribution in [3.63, 3.8) is 0 Å². The van der Waals surface area contributed by atoms with Crippen LogP contribution >= 0.6 is 11.6 Å². The highest BCUT2D eigenvalue weighted by Gasteiger charge is 2.19. The third kappa shape index (κ3) is 3.10. The van der Waals surface area contributed by atoms with Crippen molar-refractivity contribution in [2.75, 3.05) is 19.6 Å². The lowest BCUT2D eigenvalue weighted by atomic mass is 10.0. The fourth-order valence-corrected chi connectivity index (χ4v) is 3.08. The van der Waals surface area contributed by atoms with Gasteiger partial charge in [0.2, 0.25) is 0 Å². The lowest BCUT2D eigenvalue weighted by molar-refractivity contribution is -0.121. The van der Waals surface area contributed by atoms with Crippen molar-refractivity contribution in [2.45, 2.75) is 25.4 Å². The molecule has 1 aromatic carbocycles. The number of hydrogen-bond acceptors (Lipinski definition) is 4. The number of aromatic amines is 1. The minimum atomic E-state index is -0.602. The molecule has 0 bridgehead atoms. The highest BCUT2D eigenvalue weighted by molar-refractivity contribution is 6.36. The largest absolute Gasteiger partial charge is 0.388 e. The van der Waals surface area contributed by atoms with E-state index in [4.69, 9.17) is 11.6 Å².